The van der Waals surface area contributed by atoms with E-state index < -0.39 is 28.8 Å². The molecule has 7 heteroatoms. The van der Waals surface area contributed by atoms with Gasteiger partial charge in [0.05, 0.1) is 10.6 Å². The largest absolute Gasteiger partial charge is 0.505 e. The Morgan fingerprint density at radius 3 is 2.53 bits per heavy atom. The first-order chi connectivity index (χ1) is 7.99. The fourth-order valence-electron chi connectivity index (χ4n) is 1.13. The highest BCUT2D eigenvalue weighted by atomic mass is 35.5. The van der Waals surface area contributed by atoms with Crippen molar-refractivity contribution in [3.8, 4) is 0 Å². The summed E-state index contributed by atoms with van der Waals surface area (Å²) in [7, 11) is 1.22. The number of nitrogens with zero attached hydrogens (tertiary/aromatic N) is 2. The van der Waals surface area contributed by atoms with Crippen molar-refractivity contribution in [2.75, 3.05) is 7.05 Å². The first-order valence-corrected chi connectivity index (χ1v) is 4.77. The third kappa shape index (κ3) is 2.79. The number of aliphatic hydroxyl groups is 1. The van der Waals surface area contributed by atoms with Crippen molar-refractivity contribution < 1.29 is 19.4 Å². The van der Waals surface area contributed by atoms with Crippen LogP contribution < -0.4 is 0 Å². The van der Waals surface area contributed by atoms with Crippen LogP contribution >= 0.6 is 11.6 Å². The topological polar surface area (TPSA) is 82.2 Å². The van der Waals surface area contributed by atoms with E-state index in [-0.39, 0.29) is 5.02 Å². The van der Waals surface area contributed by atoms with Crippen LogP contribution in [0.15, 0.2) is 34.1 Å². The number of azo groups is 1. The average Bonchev–Trinajstić information content (AvgIpc) is 2.24. The van der Waals surface area contributed by atoms with Gasteiger partial charge in [0, 0.05) is 7.05 Å². The molecule has 0 aromatic heterocycles. The van der Waals surface area contributed by atoms with Gasteiger partial charge in [-0.3, -0.25) is 0 Å². The minimum Gasteiger partial charge on any atom is -0.505 e. The molecule has 0 saturated heterocycles. The van der Waals surface area contributed by atoms with Gasteiger partial charge in [-0.25, -0.2) is 9.18 Å². The van der Waals surface area contributed by atoms with Crippen LogP contribution in [-0.4, -0.2) is 23.2 Å². The van der Waals surface area contributed by atoms with E-state index in [0.29, 0.717) is 0 Å². The molecule has 0 fully saturated rings. The number of benzene rings is 1. The van der Waals surface area contributed by atoms with Crippen molar-refractivity contribution in [3.05, 3.63) is 40.3 Å². The van der Waals surface area contributed by atoms with E-state index in [4.69, 9.17) is 16.7 Å². The van der Waals surface area contributed by atoms with Crippen molar-refractivity contribution >= 4 is 23.3 Å². The van der Waals surface area contributed by atoms with Gasteiger partial charge in [-0.15, -0.1) is 5.11 Å². The average molecular weight is 259 g/mol. The van der Waals surface area contributed by atoms with Crippen LogP contribution in [0.25, 0.3) is 5.76 Å². The quantitative estimate of drug-likeness (QED) is 0.497. The number of carbonyl (C=O) groups is 1. The highest BCUT2D eigenvalue weighted by Gasteiger charge is 2.20. The minimum atomic E-state index is -1.53. The Morgan fingerprint density at radius 2 is 2.06 bits per heavy atom. The molecule has 0 saturated carbocycles. The fraction of sp³-hybridized carbons (Fsp3) is 0.100. The molecule has 0 aliphatic rings. The monoisotopic (exact) mass is 258 g/mol. The Kier molecular flexibility index (Phi) is 4.17. The lowest BCUT2D eigenvalue weighted by Gasteiger charge is -2.05. The molecule has 0 heterocycles. The molecule has 0 atom stereocenters. The number of hydrogen-bond acceptors (Lipinski definition) is 4. The molecule has 0 aliphatic heterocycles. The smallest absolute Gasteiger partial charge is 0.360 e. The summed E-state index contributed by atoms with van der Waals surface area (Å²) in [4.78, 5) is 10.8. The summed E-state index contributed by atoms with van der Waals surface area (Å²) in [6, 6.07) is 3.69. The Balaban J connectivity index is 3.49. The molecule has 1 rings (SSSR count). The number of halogens is 2. The van der Waals surface area contributed by atoms with Crippen LogP contribution in [-0.2, 0) is 4.79 Å². The molecule has 0 spiro atoms. The minimum absolute atomic E-state index is 0.118. The van der Waals surface area contributed by atoms with E-state index in [2.05, 4.69) is 10.2 Å². The Labute approximate surface area is 101 Å². The van der Waals surface area contributed by atoms with Crippen molar-refractivity contribution in [2.24, 2.45) is 10.2 Å². The van der Waals surface area contributed by atoms with Gasteiger partial charge in [0.1, 0.15) is 5.82 Å². The molecular weight excluding hydrogens is 251 g/mol. The second-order valence-corrected chi connectivity index (χ2v) is 3.31. The van der Waals surface area contributed by atoms with Crippen LogP contribution in [0.3, 0.4) is 0 Å². The standard InChI is InChI=1S/C10H8ClFN2O3/c1-13-14-8(10(16)17)9(15)7-5(11)3-2-4-6(7)12/h2-4,15H,1H3,(H,16,17). The van der Waals surface area contributed by atoms with Crippen LogP contribution in [0.5, 0.6) is 0 Å². The van der Waals surface area contributed by atoms with Crippen LogP contribution in [0.1, 0.15) is 5.56 Å². The van der Waals surface area contributed by atoms with Crippen LogP contribution in [0, 0.1) is 5.82 Å². The number of carboxylic acid groups (broad SMARTS) is 1. The molecule has 1 aromatic rings. The molecule has 5 nitrogen and oxygen atoms in total. The summed E-state index contributed by atoms with van der Waals surface area (Å²) in [6.07, 6.45) is 0. The van der Waals surface area contributed by atoms with Crippen molar-refractivity contribution in [1.82, 2.24) is 0 Å². The Bertz CT molecular complexity index is 494. The molecule has 0 aliphatic carbocycles. The van der Waals surface area contributed by atoms with Crippen molar-refractivity contribution in [3.63, 3.8) is 0 Å². The van der Waals surface area contributed by atoms with E-state index in [1.54, 1.807) is 0 Å². The first-order valence-electron chi connectivity index (χ1n) is 4.39. The Morgan fingerprint density at radius 1 is 1.41 bits per heavy atom. The van der Waals surface area contributed by atoms with E-state index >= 15 is 0 Å². The number of aliphatic hydroxyl groups excluding tert-OH is 1. The van der Waals surface area contributed by atoms with E-state index in [0.717, 1.165) is 6.07 Å². The van der Waals surface area contributed by atoms with Gasteiger partial charge in [0.25, 0.3) is 0 Å². The molecule has 0 amide bonds. The zero-order valence-corrected chi connectivity index (χ0v) is 9.44. The predicted octanol–water partition coefficient (Wildman–Crippen LogP) is 2.87. The van der Waals surface area contributed by atoms with E-state index in [1.165, 1.54) is 19.2 Å². The maximum Gasteiger partial charge on any atom is 0.360 e. The lowest BCUT2D eigenvalue weighted by Crippen LogP contribution is -2.03. The lowest BCUT2D eigenvalue weighted by molar-refractivity contribution is -0.132. The summed E-state index contributed by atoms with van der Waals surface area (Å²) in [5.74, 6) is -3.25. The number of carboxylic acids is 1. The number of hydrogen-bond donors (Lipinski definition) is 2. The predicted molar refractivity (Wildman–Crippen MR) is 59.4 cm³/mol. The van der Waals surface area contributed by atoms with E-state index in [1.807, 2.05) is 0 Å². The number of aliphatic carboxylic acids is 1. The molecular formula is C10H8ClFN2O3. The van der Waals surface area contributed by atoms with Gasteiger partial charge in [0.2, 0.25) is 5.70 Å². The van der Waals surface area contributed by atoms with Gasteiger partial charge < -0.3 is 10.2 Å². The van der Waals surface area contributed by atoms with Crippen LogP contribution in [0.4, 0.5) is 4.39 Å². The molecule has 2 N–H and O–H groups in total. The van der Waals surface area contributed by atoms with Gasteiger partial charge in [0.15, 0.2) is 5.76 Å². The summed E-state index contributed by atoms with van der Waals surface area (Å²) in [5, 5.41) is 24.8. The normalized spacial score (nSPS) is 12.6. The third-order valence-electron chi connectivity index (χ3n) is 1.83. The van der Waals surface area contributed by atoms with Gasteiger partial charge >= 0.3 is 5.97 Å². The van der Waals surface area contributed by atoms with Crippen molar-refractivity contribution in [2.45, 2.75) is 0 Å². The summed E-state index contributed by atoms with van der Waals surface area (Å²) in [5.41, 5.74) is -1.20. The molecule has 0 bridgehead atoms. The first kappa shape index (κ1) is 13.1. The third-order valence-corrected chi connectivity index (χ3v) is 2.14. The zero-order valence-electron chi connectivity index (χ0n) is 8.69. The van der Waals surface area contributed by atoms with Crippen LogP contribution in [0.2, 0.25) is 5.02 Å². The zero-order chi connectivity index (χ0) is 13.0. The fourth-order valence-corrected chi connectivity index (χ4v) is 1.39. The maximum atomic E-state index is 13.4. The highest BCUT2D eigenvalue weighted by molar-refractivity contribution is 6.32. The summed E-state index contributed by atoms with van der Waals surface area (Å²) >= 11 is 5.67. The lowest BCUT2D eigenvalue weighted by atomic mass is 10.1. The van der Waals surface area contributed by atoms with Gasteiger partial charge in [-0.1, -0.05) is 17.7 Å². The number of rotatable bonds is 3. The second-order valence-electron chi connectivity index (χ2n) is 2.90. The molecule has 0 unspecified atom stereocenters. The maximum absolute atomic E-state index is 13.4. The Hall–Kier alpha value is -1.95. The second kappa shape index (κ2) is 5.40. The molecule has 90 valence electrons. The van der Waals surface area contributed by atoms with E-state index in [9.17, 15) is 14.3 Å². The van der Waals surface area contributed by atoms with Gasteiger partial charge in [-0.05, 0) is 12.1 Å². The van der Waals surface area contributed by atoms with Gasteiger partial charge in [-0.2, -0.15) is 5.11 Å². The molecule has 0 radical (unpaired) electrons. The molecule has 1 aromatic carbocycles. The SMILES string of the molecule is CN=NC(C(=O)O)=C(O)c1c(F)cccc1Cl. The molecule has 17 heavy (non-hydrogen) atoms. The highest BCUT2D eigenvalue weighted by Crippen LogP contribution is 2.27. The van der Waals surface area contributed by atoms with Crippen molar-refractivity contribution in [1.29, 1.82) is 0 Å². The summed E-state index contributed by atoms with van der Waals surface area (Å²) < 4.78 is 13.4. The summed E-state index contributed by atoms with van der Waals surface area (Å²) in [6.45, 7) is 0.